The Morgan fingerprint density at radius 3 is 2.40 bits per heavy atom. The van der Waals surface area contributed by atoms with Crippen LogP contribution in [0.25, 0.3) is 0 Å². The average molecular weight is 215 g/mol. The van der Waals surface area contributed by atoms with Crippen molar-refractivity contribution in [2.75, 3.05) is 19.6 Å². The summed E-state index contributed by atoms with van der Waals surface area (Å²) in [5.41, 5.74) is 5.49. The van der Waals surface area contributed by atoms with Crippen LogP contribution in [0.2, 0.25) is 0 Å². The Morgan fingerprint density at radius 2 is 1.87 bits per heavy atom. The van der Waals surface area contributed by atoms with Crippen molar-refractivity contribution in [3.05, 3.63) is 0 Å². The number of amidine groups is 1. The summed E-state index contributed by atoms with van der Waals surface area (Å²) < 4.78 is 0. The molecule has 0 unspecified atom stereocenters. The first-order valence-electron chi connectivity index (χ1n) is 5.93. The SMILES string of the molecule is CCCCCCN(CCC)CC(N)=NO. The van der Waals surface area contributed by atoms with Gasteiger partial charge in [-0.05, 0) is 25.9 Å². The molecule has 0 aliphatic heterocycles. The van der Waals surface area contributed by atoms with Gasteiger partial charge in [-0.1, -0.05) is 38.3 Å². The lowest BCUT2D eigenvalue weighted by atomic mass is 10.2. The lowest BCUT2D eigenvalue weighted by molar-refractivity contribution is 0.286. The monoisotopic (exact) mass is 215 g/mol. The number of nitrogens with zero attached hydrogens (tertiary/aromatic N) is 2. The molecule has 0 aliphatic carbocycles. The summed E-state index contributed by atoms with van der Waals surface area (Å²) in [6.07, 6.45) is 6.13. The van der Waals surface area contributed by atoms with Crippen LogP contribution in [0.4, 0.5) is 0 Å². The number of rotatable bonds is 9. The average Bonchev–Trinajstić information content (AvgIpc) is 2.24. The van der Waals surface area contributed by atoms with E-state index in [-0.39, 0.29) is 0 Å². The number of hydrogen-bond acceptors (Lipinski definition) is 3. The first kappa shape index (κ1) is 14.2. The molecule has 0 aliphatic rings. The normalized spacial score (nSPS) is 12.3. The standard InChI is InChI=1S/C11H25N3O/c1-3-5-6-7-9-14(8-4-2)10-11(12)13-15/h15H,3-10H2,1-2H3,(H2,12,13). The van der Waals surface area contributed by atoms with E-state index in [1.807, 2.05) is 0 Å². The van der Waals surface area contributed by atoms with Crippen molar-refractivity contribution < 1.29 is 5.21 Å². The smallest absolute Gasteiger partial charge is 0.153 e. The van der Waals surface area contributed by atoms with E-state index in [2.05, 4.69) is 23.9 Å². The summed E-state index contributed by atoms with van der Waals surface area (Å²) in [5, 5.41) is 11.5. The van der Waals surface area contributed by atoms with Crippen LogP contribution < -0.4 is 5.73 Å². The minimum absolute atomic E-state index is 0.305. The highest BCUT2D eigenvalue weighted by Gasteiger charge is 2.05. The number of unbranched alkanes of at least 4 members (excludes halogenated alkanes) is 3. The summed E-state index contributed by atoms with van der Waals surface area (Å²) in [4.78, 5) is 2.24. The Labute approximate surface area is 93.1 Å². The number of hydrogen-bond donors (Lipinski definition) is 2. The summed E-state index contributed by atoms with van der Waals surface area (Å²) >= 11 is 0. The van der Waals surface area contributed by atoms with Gasteiger partial charge in [0.15, 0.2) is 5.84 Å². The van der Waals surface area contributed by atoms with Crippen LogP contribution in [0, 0.1) is 0 Å². The van der Waals surface area contributed by atoms with E-state index in [9.17, 15) is 0 Å². The summed E-state index contributed by atoms with van der Waals surface area (Å²) in [6.45, 7) is 6.99. The van der Waals surface area contributed by atoms with Crippen molar-refractivity contribution in [1.82, 2.24) is 4.90 Å². The van der Waals surface area contributed by atoms with Gasteiger partial charge >= 0.3 is 0 Å². The van der Waals surface area contributed by atoms with Crippen LogP contribution in [-0.4, -0.2) is 35.6 Å². The minimum Gasteiger partial charge on any atom is -0.409 e. The molecule has 0 aromatic heterocycles. The van der Waals surface area contributed by atoms with Crippen LogP contribution in [0.3, 0.4) is 0 Å². The van der Waals surface area contributed by atoms with Crippen LogP contribution >= 0.6 is 0 Å². The van der Waals surface area contributed by atoms with E-state index in [0.717, 1.165) is 19.5 Å². The van der Waals surface area contributed by atoms with Crippen LogP contribution in [0.5, 0.6) is 0 Å². The quantitative estimate of drug-likeness (QED) is 0.203. The lowest BCUT2D eigenvalue weighted by Gasteiger charge is -2.20. The molecule has 0 spiro atoms. The molecular formula is C11H25N3O. The number of oxime groups is 1. The molecule has 0 radical (unpaired) electrons. The highest BCUT2D eigenvalue weighted by molar-refractivity contribution is 5.81. The van der Waals surface area contributed by atoms with E-state index >= 15 is 0 Å². The Balaban J connectivity index is 3.72. The third kappa shape index (κ3) is 8.24. The van der Waals surface area contributed by atoms with Crippen molar-refractivity contribution in [2.24, 2.45) is 10.9 Å². The molecule has 0 heterocycles. The molecule has 0 bridgehead atoms. The molecule has 4 heteroatoms. The summed E-state index contributed by atoms with van der Waals surface area (Å²) in [5.74, 6) is 0.305. The molecule has 0 fully saturated rings. The number of nitrogens with two attached hydrogens (primary N) is 1. The second kappa shape index (κ2) is 9.77. The van der Waals surface area contributed by atoms with Gasteiger partial charge in [0.05, 0.1) is 6.54 Å². The van der Waals surface area contributed by atoms with Gasteiger partial charge in [-0.3, -0.25) is 4.90 Å². The predicted molar refractivity (Wildman–Crippen MR) is 64.3 cm³/mol. The zero-order valence-corrected chi connectivity index (χ0v) is 10.1. The van der Waals surface area contributed by atoms with Crippen molar-refractivity contribution >= 4 is 5.84 Å². The van der Waals surface area contributed by atoms with Gasteiger partial charge in [0, 0.05) is 0 Å². The van der Waals surface area contributed by atoms with Crippen LogP contribution in [0.15, 0.2) is 5.16 Å². The fourth-order valence-electron chi connectivity index (χ4n) is 1.61. The minimum atomic E-state index is 0.305. The molecule has 15 heavy (non-hydrogen) atoms. The molecule has 4 nitrogen and oxygen atoms in total. The molecule has 90 valence electrons. The first-order chi connectivity index (χ1) is 7.24. The van der Waals surface area contributed by atoms with Crippen molar-refractivity contribution in [1.29, 1.82) is 0 Å². The van der Waals surface area contributed by atoms with Gasteiger partial charge in [-0.15, -0.1) is 0 Å². The zero-order chi connectivity index (χ0) is 11.5. The third-order valence-electron chi connectivity index (χ3n) is 2.38. The fourth-order valence-corrected chi connectivity index (χ4v) is 1.61. The first-order valence-corrected chi connectivity index (χ1v) is 5.93. The van der Waals surface area contributed by atoms with E-state index in [0.29, 0.717) is 12.4 Å². The van der Waals surface area contributed by atoms with E-state index < -0.39 is 0 Å². The highest BCUT2D eigenvalue weighted by Crippen LogP contribution is 2.01. The maximum absolute atomic E-state index is 8.50. The zero-order valence-electron chi connectivity index (χ0n) is 10.1. The van der Waals surface area contributed by atoms with Gasteiger partial charge in [0.2, 0.25) is 0 Å². The second-order valence-corrected chi connectivity index (χ2v) is 3.93. The van der Waals surface area contributed by atoms with Crippen LogP contribution in [0.1, 0.15) is 46.0 Å². The van der Waals surface area contributed by atoms with Gasteiger partial charge in [-0.2, -0.15) is 0 Å². The third-order valence-corrected chi connectivity index (χ3v) is 2.38. The molecule has 0 saturated carbocycles. The maximum atomic E-state index is 8.50. The summed E-state index contributed by atoms with van der Waals surface area (Å²) in [6, 6.07) is 0. The molecule has 3 N–H and O–H groups in total. The Bertz CT molecular complexity index is 171. The maximum Gasteiger partial charge on any atom is 0.153 e. The van der Waals surface area contributed by atoms with E-state index in [4.69, 9.17) is 10.9 Å². The van der Waals surface area contributed by atoms with Gasteiger partial charge < -0.3 is 10.9 Å². The van der Waals surface area contributed by atoms with Crippen molar-refractivity contribution in [3.8, 4) is 0 Å². The van der Waals surface area contributed by atoms with Crippen LogP contribution in [-0.2, 0) is 0 Å². The Kier molecular flexibility index (Phi) is 9.27. The predicted octanol–water partition coefficient (Wildman–Crippen LogP) is 2.03. The highest BCUT2D eigenvalue weighted by atomic mass is 16.4. The molecule has 0 aromatic rings. The van der Waals surface area contributed by atoms with Crippen molar-refractivity contribution in [2.45, 2.75) is 46.0 Å². The molecule has 0 aromatic carbocycles. The molecule has 0 amide bonds. The van der Waals surface area contributed by atoms with Gasteiger partial charge in [0.25, 0.3) is 0 Å². The molecule has 0 saturated heterocycles. The lowest BCUT2D eigenvalue weighted by Crippen LogP contribution is -2.35. The largest absolute Gasteiger partial charge is 0.409 e. The fraction of sp³-hybridized carbons (Fsp3) is 0.909. The Morgan fingerprint density at radius 1 is 1.13 bits per heavy atom. The topological polar surface area (TPSA) is 61.8 Å². The molecule has 0 atom stereocenters. The second-order valence-electron chi connectivity index (χ2n) is 3.93. The Hall–Kier alpha value is -0.770. The van der Waals surface area contributed by atoms with E-state index in [1.54, 1.807) is 0 Å². The van der Waals surface area contributed by atoms with Crippen molar-refractivity contribution in [3.63, 3.8) is 0 Å². The molecular weight excluding hydrogens is 190 g/mol. The molecule has 0 rings (SSSR count). The van der Waals surface area contributed by atoms with E-state index in [1.165, 1.54) is 25.7 Å². The summed E-state index contributed by atoms with van der Waals surface area (Å²) in [7, 11) is 0. The van der Waals surface area contributed by atoms with Gasteiger partial charge in [0.1, 0.15) is 0 Å². The van der Waals surface area contributed by atoms with Gasteiger partial charge in [-0.25, -0.2) is 0 Å².